The lowest BCUT2D eigenvalue weighted by molar-refractivity contribution is -0.139. The summed E-state index contributed by atoms with van der Waals surface area (Å²) in [6, 6.07) is 13.6. The van der Waals surface area contributed by atoms with E-state index >= 15 is 0 Å². The highest BCUT2D eigenvalue weighted by molar-refractivity contribution is 8.00. The molecule has 3 rings (SSSR count). The molecule has 0 aliphatic carbocycles. The van der Waals surface area contributed by atoms with Crippen molar-refractivity contribution in [2.45, 2.75) is 18.7 Å². The van der Waals surface area contributed by atoms with E-state index in [1.54, 1.807) is 6.20 Å². The average Bonchev–Trinajstić information content (AvgIpc) is 3.03. The minimum absolute atomic E-state index is 0.186. The standard InChI is InChI=1S/C20H19NO3S/c1-13-7-8-19(14(2)9-13)25-12-20(23)24-11-18(22)16-10-21-17-6-4-3-5-15(16)17/h3-10,21H,11-12H2,1-2H3. The lowest BCUT2D eigenvalue weighted by atomic mass is 10.1. The molecule has 0 fully saturated rings. The molecule has 0 saturated heterocycles. The molecular formula is C20H19NO3S. The zero-order chi connectivity index (χ0) is 17.8. The molecule has 0 saturated carbocycles. The Morgan fingerprint density at radius 1 is 1.12 bits per heavy atom. The number of hydrogen-bond acceptors (Lipinski definition) is 4. The van der Waals surface area contributed by atoms with Gasteiger partial charge in [0.1, 0.15) is 0 Å². The highest BCUT2D eigenvalue weighted by Gasteiger charge is 2.14. The number of ketones is 1. The smallest absolute Gasteiger partial charge is 0.316 e. The number of hydrogen-bond donors (Lipinski definition) is 1. The first-order chi connectivity index (χ1) is 12.0. The van der Waals surface area contributed by atoms with Gasteiger partial charge in [0, 0.05) is 27.6 Å². The number of fused-ring (bicyclic) bond motifs is 1. The van der Waals surface area contributed by atoms with Crippen LogP contribution in [0.1, 0.15) is 21.5 Å². The number of aromatic nitrogens is 1. The average molecular weight is 353 g/mol. The summed E-state index contributed by atoms with van der Waals surface area (Å²) < 4.78 is 5.14. The van der Waals surface area contributed by atoms with Crippen LogP contribution >= 0.6 is 11.8 Å². The first kappa shape index (κ1) is 17.3. The van der Waals surface area contributed by atoms with Gasteiger partial charge in [-0.25, -0.2) is 0 Å². The second-order valence-corrected chi connectivity index (χ2v) is 6.91. The molecule has 0 atom stereocenters. The molecule has 0 unspecified atom stereocenters. The van der Waals surface area contributed by atoms with Gasteiger partial charge in [0.15, 0.2) is 6.61 Å². The molecule has 1 heterocycles. The van der Waals surface area contributed by atoms with Crippen molar-refractivity contribution in [3.8, 4) is 0 Å². The van der Waals surface area contributed by atoms with E-state index < -0.39 is 5.97 Å². The van der Waals surface area contributed by atoms with Crippen molar-refractivity contribution < 1.29 is 14.3 Å². The van der Waals surface area contributed by atoms with Crippen LogP contribution in [-0.4, -0.2) is 29.1 Å². The molecule has 0 aliphatic heterocycles. The zero-order valence-corrected chi connectivity index (χ0v) is 15.0. The summed E-state index contributed by atoms with van der Waals surface area (Å²) in [6.07, 6.45) is 1.66. The first-order valence-electron chi connectivity index (χ1n) is 7.99. The number of nitrogens with one attached hydrogen (secondary N) is 1. The molecule has 5 heteroatoms. The number of Topliss-reactive ketones (excluding diaryl/α,β-unsaturated/α-hetero) is 1. The Morgan fingerprint density at radius 2 is 1.92 bits per heavy atom. The quantitative estimate of drug-likeness (QED) is 0.408. The number of H-pyrrole nitrogens is 1. The molecule has 4 nitrogen and oxygen atoms in total. The van der Waals surface area contributed by atoms with Crippen LogP contribution in [0.5, 0.6) is 0 Å². The van der Waals surface area contributed by atoms with Crippen LogP contribution in [0.15, 0.2) is 53.6 Å². The van der Waals surface area contributed by atoms with E-state index in [0.29, 0.717) is 5.56 Å². The minimum atomic E-state index is -0.391. The summed E-state index contributed by atoms with van der Waals surface area (Å²) >= 11 is 1.42. The predicted molar refractivity (Wildman–Crippen MR) is 100 cm³/mol. The van der Waals surface area contributed by atoms with E-state index in [1.807, 2.05) is 50.2 Å². The van der Waals surface area contributed by atoms with Crippen LogP contribution in [0, 0.1) is 13.8 Å². The number of carbonyl (C=O) groups excluding carboxylic acids is 2. The number of para-hydroxylation sites is 1. The first-order valence-corrected chi connectivity index (χ1v) is 8.98. The summed E-state index contributed by atoms with van der Waals surface area (Å²) in [5.74, 6) is -0.411. The van der Waals surface area contributed by atoms with Gasteiger partial charge in [0.2, 0.25) is 5.78 Å². The fraction of sp³-hybridized carbons (Fsp3) is 0.200. The highest BCUT2D eigenvalue weighted by atomic mass is 32.2. The Balaban J connectivity index is 1.54. The summed E-state index contributed by atoms with van der Waals surface area (Å²) in [4.78, 5) is 28.3. The third-order valence-corrected chi connectivity index (χ3v) is 5.08. The summed E-state index contributed by atoms with van der Waals surface area (Å²) in [5.41, 5.74) is 3.76. The van der Waals surface area contributed by atoms with E-state index in [0.717, 1.165) is 21.4 Å². The second kappa shape index (κ2) is 7.57. The molecule has 0 spiro atoms. The summed E-state index contributed by atoms with van der Waals surface area (Å²) in [5, 5.41) is 0.841. The molecule has 1 aromatic heterocycles. The number of esters is 1. The van der Waals surface area contributed by atoms with E-state index in [2.05, 4.69) is 11.1 Å². The fourth-order valence-corrected chi connectivity index (χ4v) is 3.47. The summed E-state index contributed by atoms with van der Waals surface area (Å²) in [6.45, 7) is 3.81. The zero-order valence-electron chi connectivity index (χ0n) is 14.2. The van der Waals surface area contributed by atoms with Crippen LogP contribution in [-0.2, 0) is 9.53 Å². The normalized spacial score (nSPS) is 10.8. The molecule has 2 aromatic carbocycles. The van der Waals surface area contributed by atoms with Crippen molar-refractivity contribution in [2.24, 2.45) is 0 Å². The van der Waals surface area contributed by atoms with E-state index in [4.69, 9.17) is 4.74 Å². The highest BCUT2D eigenvalue weighted by Crippen LogP contribution is 2.23. The number of carbonyl (C=O) groups is 2. The van der Waals surface area contributed by atoms with Crippen LogP contribution < -0.4 is 0 Å². The van der Waals surface area contributed by atoms with Crippen LogP contribution in [0.4, 0.5) is 0 Å². The number of thioether (sulfide) groups is 1. The van der Waals surface area contributed by atoms with Gasteiger partial charge < -0.3 is 9.72 Å². The minimum Gasteiger partial charge on any atom is -0.457 e. The van der Waals surface area contributed by atoms with Crippen molar-refractivity contribution in [1.82, 2.24) is 4.98 Å². The number of ether oxygens (including phenoxy) is 1. The lowest BCUT2D eigenvalue weighted by Gasteiger charge is -2.07. The van der Waals surface area contributed by atoms with Crippen molar-refractivity contribution >= 4 is 34.4 Å². The predicted octanol–water partition coefficient (Wildman–Crippen LogP) is 4.30. The van der Waals surface area contributed by atoms with Gasteiger partial charge in [0.25, 0.3) is 0 Å². The molecule has 1 N–H and O–H groups in total. The summed E-state index contributed by atoms with van der Waals surface area (Å²) in [7, 11) is 0. The SMILES string of the molecule is Cc1ccc(SCC(=O)OCC(=O)c2c[nH]c3ccccc23)c(C)c1. The maximum atomic E-state index is 12.3. The number of aromatic amines is 1. The Bertz CT molecular complexity index is 930. The van der Waals surface area contributed by atoms with Gasteiger partial charge in [-0.15, -0.1) is 11.8 Å². The number of benzene rings is 2. The second-order valence-electron chi connectivity index (χ2n) is 5.89. The van der Waals surface area contributed by atoms with Crippen LogP contribution in [0.3, 0.4) is 0 Å². The molecule has 3 aromatic rings. The van der Waals surface area contributed by atoms with Gasteiger partial charge in [-0.2, -0.15) is 0 Å². The van der Waals surface area contributed by atoms with E-state index in [9.17, 15) is 9.59 Å². The van der Waals surface area contributed by atoms with Gasteiger partial charge >= 0.3 is 5.97 Å². The third kappa shape index (κ3) is 4.12. The fourth-order valence-electron chi connectivity index (χ4n) is 2.67. The Hall–Kier alpha value is -2.53. The van der Waals surface area contributed by atoms with Gasteiger partial charge in [-0.1, -0.05) is 35.9 Å². The Kier molecular flexibility index (Phi) is 5.24. The monoisotopic (exact) mass is 353 g/mol. The van der Waals surface area contributed by atoms with Crippen molar-refractivity contribution in [2.75, 3.05) is 12.4 Å². The Labute approximate surface area is 150 Å². The number of aryl methyl sites for hydroxylation is 2. The van der Waals surface area contributed by atoms with Crippen LogP contribution in [0.25, 0.3) is 10.9 Å². The van der Waals surface area contributed by atoms with Crippen LogP contribution in [0.2, 0.25) is 0 Å². The molecule has 0 amide bonds. The topological polar surface area (TPSA) is 59.2 Å². The molecule has 0 aliphatic rings. The lowest BCUT2D eigenvalue weighted by Crippen LogP contribution is -2.15. The molecule has 25 heavy (non-hydrogen) atoms. The molecule has 128 valence electrons. The van der Waals surface area contributed by atoms with Gasteiger partial charge in [0.05, 0.1) is 5.75 Å². The molecule has 0 bridgehead atoms. The van der Waals surface area contributed by atoms with Gasteiger partial charge in [-0.05, 0) is 31.5 Å². The number of rotatable bonds is 6. The third-order valence-electron chi connectivity index (χ3n) is 3.93. The maximum Gasteiger partial charge on any atom is 0.316 e. The van der Waals surface area contributed by atoms with E-state index in [1.165, 1.54) is 17.3 Å². The van der Waals surface area contributed by atoms with Gasteiger partial charge in [-0.3, -0.25) is 9.59 Å². The maximum absolute atomic E-state index is 12.3. The molecule has 0 radical (unpaired) electrons. The van der Waals surface area contributed by atoms with Crippen molar-refractivity contribution in [3.05, 3.63) is 65.4 Å². The largest absolute Gasteiger partial charge is 0.457 e. The Morgan fingerprint density at radius 3 is 2.72 bits per heavy atom. The van der Waals surface area contributed by atoms with Crippen molar-refractivity contribution in [1.29, 1.82) is 0 Å². The van der Waals surface area contributed by atoms with Crippen molar-refractivity contribution in [3.63, 3.8) is 0 Å². The van der Waals surface area contributed by atoms with E-state index in [-0.39, 0.29) is 18.1 Å². The molecular weight excluding hydrogens is 334 g/mol.